The molecule has 0 radical (unpaired) electrons. The zero-order valence-electron chi connectivity index (χ0n) is 15.4. The van der Waals surface area contributed by atoms with Crippen LogP contribution in [-0.2, 0) is 14.8 Å². The van der Waals surface area contributed by atoms with Gasteiger partial charge >= 0.3 is 0 Å². The largest absolute Gasteiger partial charge is 0.301 e. The quantitative estimate of drug-likeness (QED) is 0.482. The van der Waals surface area contributed by atoms with Crippen LogP contribution in [0.3, 0.4) is 0 Å². The molecule has 9 heteroatoms. The minimum atomic E-state index is -3.79. The Morgan fingerprint density at radius 2 is 1.86 bits per heavy atom. The van der Waals surface area contributed by atoms with Crippen LogP contribution >= 0.6 is 22.7 Å². The molecule has 2 aromatic carbocycles. The van der Waals surface area contributed by atoms with Crippen LogP contribution in [0, 0.1) is 0 Å². The Morgan fingerprint density at radius 3 is 2.62 bits per heavy atom. The standard InChI is InChI=1S/C20H17N3O3S3/c1-23(29(25,26)16-9-8-14-5-2-3-6-15(14)11-16)12-19(24)22-20-21-17(13-28-20)18-7-4-10-27-18/h2-11,13H,12H2,1H3,(H,21,22,24). The Hall–Kier alpha value is -2.59. The van der Waals surface area contributed by atoms with Gasteiger partial charge < -0.3 is 5.32 Å². The van der Waals surface area contributed by atoms with Crippen molar-refractivity contribution in [3.63, 3.8) is 0 Å². The summed E-state index contributed by atoms with van der Waals surface area (Å²) >= 11 is 2.87. The molecule has 0 unspecified atom stereocenters. The van der Waals surface area contributed by atoms with E-state index in [4.69, 9.17) is 0 Å². The van der Waals surface area contributed by atoms with Gasteiger partial charge in [-0.1, -0.05) is 36.4 Å². The Kier molecular flexibility index (Phi) is 5.46. The molecule has 0 aliphatic carbocycles. The van der Waals surface area contributed by atoms with E-state index >= 15 is 0 Å². The molecule has 2 heterocycles. The molecule has 0 fully saturated rings. The van der Waals surface area contributed by atoms with E-state index < -0.39 is 15.9 Å². The number of rotatable bonds is 6. The monoisotopic (exact) mass is 443 g/mol. The fourth-order valence-electron chi connectivity index (χ4n) is 2.82. The summed E-state index contributed by atoms with van der Waals surface area (Å²) in [6.45, 7) is -0.303. The number of nitrogens with one attached hydrogen (secondary N) is 1. The first-order valence-electron chi connectivity index (χ1n) is 8.68. The van der Waals surface area contributed by atoms with Gasteiger partial charge in [0.05, 0.1) is 22.0 Å². The van der Waals surface area contributed by atoms with Crippen LogP contribution in [-0.4, -0.2) is 37.2 Å². The normalized spacial score (nSPS) is 11.8. The van der Waals surface area contributed by atoms with Crippen LogP contribution in [0.15, 0.2) is 70.3 Å². The summed E-state index contributed by atoms with van der Waals surface area (Å²) in [5.74, 6) is -0.441. The number of nitrogens with zero attached hydrogens (tertiary/aromatic N) is 2. The van der Waals surface area contributed by atoms with Gasteiger partial charge in [0.2, 0.25) is 15.9 Å². The molecule has 0 aliphatic heterocycles. The van der Waals surface area contributed by atoms with E-state index in [0.29, 0.717) is 5.13 Å². The van der Waals surface area contributed by atoms with Crippen LogP contribution in [0.1, 0.15) is 0 Å². The average molecular weight is 444 g/mol. The maximum Gasteiger partial charge on any atom is 0.243 e. The molecule has 148 valence electrons. The molecule has 29 heavy (non-hydrogen) atoms. The molecule has 0 atom stereocenters. The number of sulfonamides is 1. The molecule has 4 rings (SSSR count). The van der Waals surface area contributed by atoms with Crippen molar-refractivity contribution in [1.82, 2.24) is 9.29 Å². The van der Waals surface area contributed by atoms with Gasteiger partial charge in [-0.15, -0.1) is 22.7 Å². The summed E-state index contributed by atoms with van der Waals surface area (Å²) < 4.78 is 26.8. The summed E-state index contributed by atoms with van der Waals surface area (Å²) in [7, 11) is -2.40. The van der Waals surface area contributed by atoms with Crippen molar-refractivity contribution in [3.8, 4) is 10.6 Å². The van der Waals surface area contributed by atoms with E-state index in [1.807, 2.05) is 47.2 Å². The first kappa shape index (κ1) is 19.7. The lowest BCUT2D eigenvalue weighted by atomic mass is 10.1. The number of amides is 1. The molecular formula is C20H17N3O3S3. The number of hydrogen-bond donors (Lipinski definition) is 1. The molecule has 1 N–H and O–H groups in total. The third kappa shape index (κ3) is 4.23. The molecule has 0 saturated carbocycles. The van der Waals surface area contributed by atoms with Gasteiger partial charge in [-0.25, -0.2) is 13.4 Å². The summed E-state index contributed by atoms with van der Waals surface area (Å²) in [5.41, 5.74) is 0.789. The highest BCUT2D eigenvalue weighted by atomic mass is 32.2. The van der Waals surface area contributed by atoms with E-state index in [1.165, 1.54) is 18.4 Å². The third-order valence-electron chi connectivity index (χ3n) is 4.32. The van der Waals surface area contributed by atoms with E-state index in [9.17, 15) is 13.2 Å². The van der Waals surface area contributed by atoms with Gasteiger partial charge in [-0.3, -0.25) is 4.79 Å². The topological polar surface area (TPSA) is 79.4 Å². The Bertz CT molecular complexity index is 1260. The lowest BCUT2D eigenvalue weighted by Crippen LogP contribution is -2.34. The number of thiazole rings is 1. The van der Waals surface area contributed by atoms with E-state index in [-0.39, 0.29) is 11.4 Å². The van der Waals surface area contributed by atoms with Crippen LogP contribution in [0.5, 0.6) is 0 Å². The highest BCUT2D eigenvalue weighted by Crippen LogP contribution is 2.28. The smallest absolute Gasteiger partial charge is 0.243 e. The van der Waals surface area contributed by atoms with Crippen molar-refractivity contribution in [1.29, 1.82) is 0 Å². The number of fused-ring (bicyclic) bond motifs is 1. The van der Waals surface area contributed by atoms with Crippen LogP contribution in [0.2, 0.25) is 0 Å². The lowest BCUT2D eigenvalue weighted by Gasteiger charge is -2.16. The summed E-state index contributed by atoms with van der Waals surface area (Å²) in [6, 6.07) is 16.4. The zero-order chi connectivity index (χ0) is 20.4. The Labute approximate surface area is 176 Å². The number of hydrogen-bond acceptors (Lipinski definition) is 6. The molecule has 0 bridgehead atoms. The first-order chi connectivity index (χ1) is 13.9. The summed E-state index contributed by atoms with van der Waals surface area (Å²) in [5, 5.41) is 8.72. The summed E-state index contributed by atoms with van der Waals surface area (Å²) in [6.07, 6.45) is 0. The fourth-order valence-corrected chi connectivity index (χ4v) is 5.47. The minimum Gasteiger partial charge on any atom is -0.301 e. The van der Waals surface area contributed by atoms with Crippen molar-refractivity contribution in [3.05, 3.63) is 65.4 Å². The van der Waals surface area contributed by atoms with E-state index in [1.54, 1.807) is 29.5 Å². The van der Waals surface area contributed by atoms with Gasteiger partial charge in [0.1, 0.15) is 0 Å². The Morgan fingerprint density at radius 1 is 1.07 bits per heavy atom. The Balaban J connectivity index is 1.46. The number of aromatic nitrogens is 1. The maximum absolute atomic E-state index is 12.9. The van der Waals surface area contributed by atoms with Gasteiger partial charge in [0.15, 0.2) is 5.13 Å². The molecular weight excluding hydrogens is 426 g/mol. The second-order valence-electron chi connectivity index (χ2n) is 6.33. The highest BCUT2D eigenvalue weighted by Gasteiger charge is 2.23. The molecule has 4 aromatic rings. The van der Waals surface area contributed by atoms with Crippen molar-refractivity contribution >= 4 is 54.5 Å². The summed E-state index contributed by atoms with van der Waals surface area (Å²) in [4.78, 5) is 17.9. The molecule has 0 aliphatic rings. The fraction of sp³-hybridized carbons (Fsp3) is 0.100. The number of thiophene rings is 1. The number of likely N-dealkylation sites (N-methyl/N-ethyl adjacent to an activating group) is 1. The van der Waals surface area contributed by atoms with Crippen molar-refractivity contribution in [2.75, 3.05) is 18.9 Å². The molecule has 0 spiro atoms. The average Bonchev–Trinajstić information content (AvgIpc) is 3.39. The van der Waals surface area contributed by atoms with Gasteiger partial charge in [-0.2, -0.15) is 4.31 Å². The van der Waals surface area contributed by atoms with Gasteiger partial charge in [-0.05, 0) is 34.4 Å². The van der Waals surface area contributed by atoms with Crippen molar-refractivity contribution < 1.29 is 13.2 Å². The zero-order valence-corrected chi connectivity index (χ0v) is 17.9. The molecule has 2 aromatic heterocycles. The van der Waals surface area contributed by atoms with Crippen molar-refractivity contribution in [2.24, 2.45) is 0 Å². The second-order valence-corrected chi connectivity index (χ2v) is 10.2. The highest BCUT2D eigenvalue weighted by molar-refractivity contribution is 7.89. The number of benzene rings is 2. The predicted molar refractivity (Wildman–Crippen MR) is 118 cm³/mol. The predicted octanol–water partition coefficient (Wildman–Crippen LogP) is 4.28. The van der Waals surface area contributed by atoms with E-state index in [0.717, 1.165) is 25.6 Å². The number of anilines is 1. The first-order valence-corrected chi connectivity index (χ1v) is 11.9. The van der Waals surface area contributed by atoms with E-state index in [2.05, 4.69) is 10.3 Å². The van der Waals surface area contributed by atoms with Crippen molar-refractivity contribution in [2.45, 2.75) is 4.90 Å². The van der Waals surface area contributed by atoms with Gasteiger partial charge in [0, 0.05) is 12.4 Å². The second kappa shape index (κ2) is 8.03. The molecule has 0 saturated heterocycles. The molecule has 1 amide bonds. The number of carbonyl (C=O) groups excluding carboxylic acids is 1. The van der Waals surface area contributed by atoms with Crippen LogP contribution in [0.25, 0.3) is 21.3 Å². The maximum atomic E-state index is 12.9. The number of carbonyl (C=O) groups is 1. The SMILES string of the molecule is CN(CC(=O)Nc1nc(-c2cccs2)cs1)S(=O)(=O)c1ccc2ccccc2c1. The van der Waals surface area contributed by atoms with Gasteiger partial charge in [0.25, 0.3) is 0 Å². The third-order valence-corrected chi connectivity index (χ3v) is 7.77. The minimum absolute atomic E-state index is 0.153. The van der Waals surface area contributed by atoms with Crippen LogP contribution in [0.4, 0.5) is 5.13 Å². The van der Waals surface area contributed by atoms with Crippen LogP contribution < -0.4 is 5.32 Å². The molecule has 6 nitrogen and oxygen atoms in total. The lowest BCUT2D eigenvalue weighted by molar-refractivity contribution is -0.116.